The first-order valence-electron chi connectivity index (χ1n) is 7.01. The molecule has 1 saturated heterocycles. The van der Waals surface area contributed by atoms with Crippen LogP contribution in [0.5, 0.6) is 0 Å². The smallest absolute Gasteiger partial charge is 0.269 e. The maximum absolute atomic E-state index is 13.9. The van der Waals surface area contributed by atoms with Crippen LogP contribution in [0.25, 0.3) is 0 Å². The lowest BCUT2D eigenvalue weighted by atomic mass is 9.88. The number of ether oxygens (including phenoxy) is 1. The summed E-state index contributed by atoms with van der Waals surface area (Å²) < 4.78 is 33.1. The fourth-order valence-electron chi connectivity index (χ4n) is 2.68. The molecule has 4 nitrogen and oxygen atoms in total. The van der Waals surface area contributed by atoms with Gasteiger partial charge in [-0.05, 0) is 29.8 Å². The Kier molecular flexibility index (Phi) is 4.31. The molecule has 0 spiro atoms. The molecule has 1 aromatic heterocycles. The van der Waals surface area contributed by atoms with Gasteiger partial charge in [-0.2, -0.15) is 0 Å². The predicted molar refractivity (Wildman–Crippen MR) is 79.5 cm³/mol. The number of alkyl halides is 2. The number of hydrogen-bond acceptors (Lipinski definition) is 4. The Hall–Kier alpha value is -1.66. The van der Waals surface area contributed by atoms with Crippen molar-refractivity contribution in [1.82, 2.24) is 15.2 Å². The number of pyridine rings is 1. The van der Waals surface area contributed by atoms with Crippen molar-refractivity contribution >= 4 is 11.6 Å². The van der Waals surface area contributed by atoms with Crippen LogP contribution in [0.2, 0.25) is 0 Å². The minimum Gasteiger partial charge on any atom is -0.378 e. The molecular formula is C15H16ClF2N3O. The predicted octanol–water partition coefficient (Wildman–Crippen LogP) is 2.44. The Labute approximate surface area is 132 Å². The average Bonchev–Trinajstić information content (AvgIpc) is 2.55. The summed E-state index contributed by atoms with van der Waals surface area (Å²) in [5.74, 6) is 0.591. The van der Waals surface area contributed by atoms with Crippen molar-refractivity contribution in [3.8, 4) is 0 Å². The Morgan fingerprint density at radius 1 is 1.27 bits per heavy atom. The molecular weight excluding hydrogens is 312 g/mol. The van der Waals surface area contributed by atoms with Crippen molar-refractivity contribution < 1.29 is 13.5 Å². The van der Waals surface area contributed by atoms with E-state index in [0.29, 0.717) is 37.7 Å². The molecule has 2 aliphatic heterocycles. The monoisotopic (exact) mass is 327 g/mol. The van der Waals surface area contributed by atoms with Crippen LogP contribution in [0.4, 0.5) is 8.78 Å². The second kappa shape index (κ2) is 6.22. The molecule has 3 rings (SSSR count). The number of nitrogens with one attached hydrogen (secondary N) is 1. The van der Waals surface area contributed by atoms with Crippen molar-refractivity contribution in [2.75, 3.05) is 26.3 Å². The van der Waals surface area contributed by atoms with Gasteiger partial charge in [0, 0.05) is 30.5 Å². The first kappa shape index (κ1) is 15.2. The van der Waals surface area contributed by atoms with E-state index in [0.717, 1.165) is 0 Å². The van der Waals surface area contributed by atoms with Crippen LogP contribution >= 0.6 is 11.6 Å². The van der Waals surface area contributed by atoms with Crippen molar-refractivity contribution in [2.45, 2.75) is 12.0 Å². The topological polar surface area (TPSA) is 37.4 Å². The van der Waals surface area contributed by atoms with E-state index in [9.17, 15) is 8.78 Å². The molecule has 1 atom stereocenters. The van der Waals surface area contributed by atoms with Gasteiger partial charge in [0.05, 0.1) is 13.2 Å². The van der Waals surface area contributed by atoms with E-state index in [4.69, 9.17) is 16.3 Å². The van der Waals surface area contributed by atoms with Crippen LogP contribution < -0.4 is 5.32 Å². The van der Waals surface area contributed by atoms with Crippen molar-refractivity contribution in [2.24, 2.45) is 0 Å². The van der Waals surface area contributed by atoms with E-state index < -0.39 is 12.0 Å². The number of allylic oxidation sites excluding steroid dienone is 2. The summed E-state index contributed by atoms with van der Waals surface area (Å²) in [6, 6.07) is 3.14. The third kappa shape index (κ3) is 2.80. The van der Waals surface area contributed by atoms with Gasteiger partial charge >= 0.3 is 0 Å². The van der Waals surface area contributed by atoms with Crippen LogP contribution in [0, 0.1) is 0 Å². The number of aromatic nitrogens is 1. The molecule has 0 bridgehead atoms. The second-order valence-electron chi connectivity index (χ2n) is 5.19. The Morgan fingerprint density at radius 2 is 1.95 bits per heavy atom. The van der Waals surface area contributed by atoms with Gasteiger partial charge in [-0.25, -0.2) is 8.78 Å². The molecule has 1 unspecified atom stereocenters. The number of nitrogens with zero attached hydrogens (tertiary/aromatic N) is 2. The summed E-state index contributed by atoms with van der Waals surface area (Å²) in [5.41, 5.74) is -1.22. The molecule has 0 aliphatic carbocycles. The summed E-state index contributed by atoms with van der Waals surface area (Å²) in [4.78, 5) is 5.86. The quantitative estimate of drug-likeness (QED) is 0.925. The highest BCUT2D eigenvalue weighted by Crippen LogP contribution is 2.36. The van der Waals surface area contributed by atoms with Crippen molar-refractivity contribution in [3.05, 3.63) is 53.1 Å². The number of halogens is 3. The fraction of sp³-hybridized carbons (Fsp3) is 0.400. The molecule has 0 radical (unpaired) electrons. The molecule has 1 N–H and O–H groups in total. The van der Waals surface area contributed by atoms with Gasteiger partial charge in [-0.3, -0.25) is 4.98 Å². The summed E-state index contributed by atoms with van der Waals surface area (Å²) in [7, 11) is 0. The minimum atomic E-state index is -2.66. The first-order valence-corrected chi connectivity index (χ1v) is 7.39. The standard InChI is InChI=1S/C15H16ClF2N3O/c16-12-9-13(21-5-7-22-8-6-21)20-15(10-12,14(17)18)11-1-3-19-4-2-11/h1-4,9-10,14,20H,5-8H2. The molecule has 0 saturated carbocycles. The minimum absolute atomic E-state index is 0.289. The van der Waals surface area contributed by atoms with Crippen LogP contribution in [-0.4, -0.2) is 42.6 Å². The van der Waals surface area contributed by atoms with Gasteiger partial charge in [0.1, 0.15) is 11.4 Å². The van der Waals surface area contributed by atoms with Gasteiger partial charge in [0.2, 0.25) is 0 Å². The zero-order valence-corrected chi connectivity index (χ0v) is 12.6. The normalized spacial score (nSPS) is 25.5. The zero-order valence-electron chi connectivity index (χ0n) is 11.8. The Bertz CT molecular complexity index is 588. The highest BCUT2D eigenvalue weighted by Gasteiger charge is 2.43. The van der Waals surface area contributed by atoms with Crippen LogP contribution in [0.15, 0.2) is 47.5 Å². The Morgan fingerprint density at radius 3 is 2.59 bits per heavy atom. The SMILES string of the molecule is FC(F)C1(c2ccncc2)C=C(Cl)C=C(N2CCOCC2)N1. The van der Waals surface area contributed by atoms with Gasteiger partial charge in [-0.1, -0.05) is 11.6 Å². The summed E-state index contributed by atoms with van der Waals surface area (Å²) in [6.07, 6.45) is 3.37. The fourth-order valence-corrected chi connectivity index (χ4v) is 2.95. The van der Waals surface area contributed by atoms with Gasteiger partial charge < -0.3 is 15.0 Å². The van der Waals surface area contributed by atoms with Crippen molar-refractivity contribution in [3.63, 3.8) is 0 Å². The molecule has 2 aliphatic rings. The zero-order chi connectivity index (χ0) is 15.6. The highest BCUT2D eigenvalue weighted by molar-refractivity contribution is 6.31. The van der Waals surface area contributed by atoms with E-state index in [1.165, 1.54) is 18.5 Å². The van der Waals surface area contributed by atoms with Crippen LogP contribution in [0.1, 0.15) is 5.56 Å². The molecule has 3 heterocycles. The lowest BCUT2D eigenvalue weighted by molar-refractivity contribution is 0.0298. The van der Waals surface area contributed by atoms with E-state index >= 15 is 0 Å². The molecule has 1 aromatic rings. The summed E-state index contributed by atoms with van der Waals surface area (Å²) in [6.45, 7) is 2.41. The lowest BCUT2D eigenvalue weighted by Gasteiger charge is -2.41. The van der Waals surface area contributed by atoms with Gasteiger partial charge in [0.15, 0.2) is 0 Å². The van der Waals surface area contributed by atoms with E-state index in [1.54, 1.807) is 18.2 Å². The number of dihydropyridines is 1. The highest BCUT2D eigenvalue weighted by atomic mass is 35.5. The largest absolute Gasteiger partial charge is 0.378 e. The average molecular weight is 328 g/mol. The molecule has 7 heteroatoms. The number of morpholine rings is 1. The van der Waals surface area contributed by atoms with Gasteiger partial charge in [-0.15, -0.1) is 0 Å². The second-order valence-corrected chi connectivity index (χ2v) is 5.63. The molecule has 0 aromatic carbocycles. The first-order chi connectivity index (χ1) is 10.6. The van der Waals surface area contributed by atoms with Crippen molar-refractivity contribution in [1.29, 1.82) is 0 Å². The van der Waals surface area contributed by atoms with E-state index in [1.807, 2.05) is 4.90 Å². The maximum atomic E-state index is 13.9. The van der Waals surface area contributed by atoms with E-state index in [-0.39, 0.29) is 5.03 Å². The Balaban J connectivity index is 1.97. The molecule has 0 amide bonds. The number of hydrogen-bond donors (Lipinski definition) is 1. The lowest BCUT2D eigenvalue weighted by Crippen LogP contribution is -2.52. The summed E-state index contributed by atoms with van der Waals surface area (Å²) >= 11 is 6.15. The molecule has 22 heavy (non-hydrogen) atoms. The van der Waals surface area contributed by atoms with Gasteiger partial charge in [0.25, 0.3) is 6.43 Å². The van der Waals surface area contributed by atoms with Crippen LogP contribution in [-0.2, 0) is 10.3 Å². The number of rotatable bonds is 3. The maximum Gasteiger partial charge on any atom is 0.269 e. The van der Waals surface area contributed by atoms with Crippen LogP contribution in [0.3, 0.4) is 0 Å². The summed E-state index contributed by atoms with van der Waals surface area (Å²) in [5, 5.41) is 3.26. The third-order valence-corrected chi connectivity index (χ3v) is 4.05. The third-order valence-electron chi connectivity index (χ3n) is 3.83. The van der Waals surface area contributed by atoms with E-state index in [2.05, 4.69) is 10.3 Å². The molecule has 1 fully saturated rings. The molecule has 118 valence electrons.